The standard InChI is InChI=1S/C50H83N11O13S2/c1-10-29(8)41(50(73)74)60-39(64)23-53-43(66)36(22-30-14-12-11-13-15-30)58-47(70)35(21-27(4)5)57-46(69)34(20-26(2)3)56-44(67)32(16-17-38(52)63)54-45(68)33(18-19-76-9)55-48(71)37(25-75)59-49(72)40(28(6)7)61-42(65)31(51)24-62/h11-15,26-29,31-37,40-41,62,75H,10,16-25,51H2,1-9H3,(H2,52,63)(H,53,66)(H,54,68)(H,55,71)(H,56,67)(H,57,69)(H,58,70)(H,59,72)(H,60,64)(H,61,65)(H,73,74)/t29-,31-,32-,33-,34-,35-,36-,37-,40-,41-/m0/s1. The van der Waals surface area contributed by atoms with Crippen LogP contribution in [0.5, 0.6) is 0 Å². The van der Waals surface area contributed by atoms with Gasteiger partial charge < -0.3 is 69.5 Å². The van der Waals surface area contributed by atoms with Gasteiger partial charge in [-0.25, -0.2) is 4.79 Å². The van der Waals surface area contributed by atoms with Crippen molar-refractivity contribution < 1.29 is 63.0 Å². The molecule has 0 aliphatic carbocycles. The highest BCUT2D eigenvalue weighted by Gasteiger charge is 2.36. The topological polar surface area (TPSA) is 389 Å². The number of carbonyl (C=O) groups excluding carboxylic acids is 10. The van der Waals surface area contributed by atoms with Crippen molar-refractivity contribution in [1.29, 1.82) is 0 Å². The van der Waals surface area contributed by atoms with E-state index in [4.69, 9.17) is 11.5 Å². The Morgan fingerprint density at radius 1 is 0.605 bits per heavy atom. The highest BCUT2D eigenvalue weighted by molar-refractivity contribution is 7.98. The lowest BCUT2D eigenvalue weighted by Gasteiger charge is -2.29. The summed E-state index contributed by atoms with van der Waals surface area (Å²) in [6.45, 7) is 12.6. The third-order valence-corrected chi connectivity index (χ3v) is 13.0. The minimum Gasteiger partial charge on any atom is -0.480 e. The fraction of sp³-hybridized carbons (Fsp3) is 0.660. The van der Waals surface area contributed by atoms with Gasteiger partial charge in [0.2, 0.25) is 59.1 Å². The van der Waals surface area contributed by atoms with Crippen LogP contribution in [0.3, 0.4) is 0 Å². The minimum atomic E-state index is -1.49. The number of benzene rings is 1. The summed E-state index contributed by atoms with van der Waals surface area (Å²) in [6, 6.07) is -2.98. The van der Waals surface area contributed by atoms with E-state index in [1.807, 2.05) is 0 Å². The van der Waals surface area contributed by atoms with E-state index in [1.54, 1.807) is 92.0 Å². The van der Waals surface area contributed by atoms with Crippen molar-refractivity contribution in [3.05, 3.63) is 35.9 Å². The molecule has 0 aliphatic heterocycles. The van der Waals surface area contributed by atoms with Crippen molar-refractivity contribution in [2.24, 2.45) is 35.1 Å². The maximum atomic E-state index is 14.3. The number of thiol groups is 1. The third kappa shape index (κ3) is 25.2. The molecule has 10 amide bonds. The van der Waals surface area contributed by atoms with Crippen LogP contribution in [0.2, 0.25) is 0 Å². The minimum absolute atomic E-state index is 0.0315. The Bertz CT molecular complexity index is 2100. The molecule has 0 radical (unpaired) electrons. The number of rotatable bonds is 36. The molecule has 76 heavy (non-hydrogen) atoms. The largest absolute Gasteiger partial charge is 0.480 e. The van der Waals surface area contributed by atoms with E-state index >= 15 is 0 Å². The number of primary amides is 1. The first-order valence-electron chi connectivity index (χ1n) is 25.4. The Labute approximate surface area is 455 Å². The second kappa shape index (κ2) is 35.4. The highest BCUT2D eigenvalue weighted by Crippen LogP contribution is 2.13. The van der Waals surface area contributed by atoms with Crippen LogP contribution in [0.15, 0.2) is 30.3 Å². The average molecular weight is 1110 g/mol. The van der Waals surface area contributed by atoms with Gasteiger partial charge >= 0.3 is 5.97 Å². The van der Waals surface area contributed by atoms with Gasteiger partial charge in [-0.15, -0.1) is 0 Å². The van der Waals surface area contributed by atoms with Crippen LogP contribution >= 0.6 is 24.4 Å². The van der Waals surface area contributed by atoms with Gasteiger partial charge in [-0.05, 0) is 66.9 Å². The first kappa shape index (κ1) is 68.0. The number of hydrogen-bond acceptors (Lipinski definition) is 15. The van der Waals surface area contributed by atoms with Crippen LogP contribution in [0.25, 0.3) is 0 Å². The summed E-state index contributed by atoms with van der Waals surface area (Å²) < 4.78 is 0. The molecule has 26 heteroatoms. The SMILES string of the molecule is CC[C@H](C)[C@H](NC(=O)CNC(=O)[C@H](Cc1ccccc1)NC(=O)[C@H](CC(C)C)NC(=O)[C@H](CC(C)C)NC(=O)[C@H](CCC(N)=O)NC(=O)[C@H](CCSC)NC(=O)[C@H](CS)NC(=O)[C@@H](NC(=O)[C@@H](N)CO)C(C)C)C(=O)O. The monoisotopic (exact) mass is 1110 g/mol. The first-order chi connectivity index (χ1) is 35.7. The summed E-state index contributed by atoms with van der Waals surface area (Å²) in [7, 11) is 0. The molecule has 0 fully saturated rings. The van der Waals surface area contributed by atoms with Crippen molar-refractivity contribution in [3.63, 3.8) is 0 Å². The summed E-state index contributed by atoms with van der Waals surface area (Å²) in [5, 5.41) is 42.0. The van der Waals surface area contributed by atoms with Gasteiger partial charge in [0.15, 0.2) is 0 Å². The highest BCUT2D eigenvalue weighted by atomic mass is 32.2. The predicted molar refractivity (Wildman–Crippen MR) is 290 cm³/mol. The fourth-order valence-corrected chi connectivity index (χ4v) is 8.15. The fourth-order valence-electron chi connectivity index (χ4n) is 7.42. The molecule has 10 atom stereocenters. The smallest absolute Gasteiger partial charge is 0.326 e. The zero-order valence-corrected chi connectivity index (χ0v) is 46.8. The number of carbonyl (C=O) groups is 11. The second-order valence-corrected chi connectivity index (χ2v) is 21.1. The molecule has 0 spiro atoms. The van der Waals surface area contributed by atoms with Crippen LogP contribution < -0.4 is 59.3 Å². The number of carboxylic acids is 1. The van der Waals surface area contributed by atoms with E-state index in [-0.39, 0.29) is 56.1 Å². The molecule has 0 bridgehead atoms. The third-order valence-electron chi connectivity index (χ3n) is 12.0. The molecule has 428 valence electrons. The van der Waals surface area contributed by atoms with Crippen molar-refractivity contribution >= 4 is 89.4 Å². The maximum Gasteiger partial charge on any atom is 0.326 e. The predicted octanol–water partition coefficient (Wildman–Crippen LogP) is -1.63. The van der Waals surface area contributed by atoms with E-state index in [0.29, 0.717) is 17.7 Å². The summed E-state index contributed by atoms with van der Waals surface area (Å²) in [5.41, 5.74) is 11.7. The lowest BCUT2D eigenvalue weighted by molar-refractivity contribution is -0.143. The van der Waals surface area contributed by atoms with Gasteiger partial charge in [0.25, 0.3) is 0 Å². The number of nitrogens with one attached hydrogen (secondary N) is 9. The summed E-state index contributed by atoms with van der Waals surface area (Å²) >= 11 is 5.57. The van der Waals surface area contributed by atoms with Crippen LogP contribution in [0.1, 0.15) is 99.5 Å². The van der Waals surface area contributed by atoms with Gasteiger partial charge in [-0.1, -0.05) is 92.1 Å². The number of carboxylic acid groups (broad SMARTS) is 1. The molecule has 0 aromatic heterocycles. The molecule has 0 unspecified atom stereocenters. The average Bonchev–Trinajstić information content (AvgIpc) is 3.36. The zero-order valence-electron chi connectivity index (χ0n) is 45.1. The molecule has 15 N–H and O–H groups in total. The number of aliphatic hydroxyl groups excluding tert-OH is 1. The van der Waals surface area contributed by atoms with Gasteiger partial charge in [-0.2, -0.15) is 24.4 Å². The maximum absolute atomic E-state index is 14.3. The lowest BCUT2D eigenvalue weighted by atomic mass is 9.98. The summed E-state index contributed by atoms with van der Waals surface area (Å²) in [4.78, 5) is 146. The summed E-state index contributed by atoms with van der Waals surface area (Å²) in [5.74, 6) is -10.5. The van der Waals surface area contributed by atoms with Crippen LogP contribution in [0, 0.1) is 23.7 Å². The number of aliphatic carboxylic acids is 1. The number of nitrogens with two attached hydrogens (primary N) is 2. The van der Waals surface area contributed by atoms with Crippen LogP contribution in [-0.4, -0.2) is 161 Å². The second-order valence-electron chi connectivity index (χ2n) is 19.8. The van der Waals surface area contributed by atoms with E-state index in [1.165, 1.54) is 11.8 Å². The zero-order chi connectivity index (χ0) is 57.8. The molecule has 0 saturated carbocycles. The molecular weight excluding hydrogens is 1030 g/mol. The van der Waals surface area contributed by atoms with E-state index < -0.39 is 144 Å². The van der Waals surface area contributed by atoms with Gasteiger partial charge in [0, 0.05) is 18.6 Å². The lowest BCUT2D eigenvalue weighted by Crippen LogP contribution is -2.61. The Morgan fingerprint density at radius 2 is 1.08 bits per heavy atom. The van der Waals surface area contributed by atoms with Crippen molar-refractivity contribution in [2.45, 2.75) is 155 Å². The van der Waals surface area contributed by atoms with E-state index in [2.05, 4.69) is 60.5 Å². The molecule has 1 rings (SSSR count). The van der Waals surface area contributed by atoms with Gasteiger partial charge in [0.05, 0.1) is 13.2 Å². The molecular formula is C50H83N11O13S2. The van der Waals surface area contributed by atoms with Crippen LogP contribution in [-0.2, 0) is 59.2 Å². The molecule has 0 heterocycles. The number of thioether (sulfide) groups is 1. The number of amides is 10. The molecule has 1 aromatic rings. The van der Waals surface area contributed by atoms with Crippen LogP contribution in [0.4, 0.5) is 0 Å². The normalized spacial score (nSPS) is 15.2. The Hall–Kier alpha value is -5.99. The summed E-state index contributed by atoms with van der Waals surface area (Å²) in [6.07, 6.45) is 1.61. The molecule has 0 aliphatic rings. The molecule has 1 aromatic carbocycles. The van der Waals surface area contributed by atoms with Gasteiger partial charge in [0.1, 0.15) is 54.4 Å². The first-order valence-corrected chi connectivity index (χ1v) is 27.4. The molecule has 0 saturated heterocycles. The number of aliphatic hydroxyl groups is 1. The van der Waals surface area contributed by atoms with Crippen molar-refractivity contribution in [1.82, 2.24) is 47.9 Å². The van der Waals surface area contributed by atoms with Crippen molar-refractivity contribution in [2.75, 3.05) is 30.9 Å². The Kier molecular flexibility index (Phi) is 31.6. The Morgan fingerprint density at radius 3 is 1.53 bits per heavy atom. The molecule has 24 nitrogen and oxygen atoms in total. The van der Waals surface area contributed by atoms with E-state index in [0.717, 1.165) is 0 Å². The quantitative estimate of drug-likeness (QED) is 0.0336. The number of hydrogen-bond donors (Lipinski definition) is 14. The van der Waals surface area contributed by atoms with Crippen molar-refractivity contribution in [3.8, 4) is 0 Å². The van der Waals surface area contributed by atoms with E-state index in [9.17, 15) is 63.0 Å². The van der Waals surface area contributed by atoms with Gasteiger partial charge in [-0.3, -0.25) is 47.9 Å². The Balaban J connectivity index is 3.45.